The molecule has 0 bridgehead atoms. The molecule has 0 fully saturated rings. The molecule has 0 spiro atoms. The van der Waals surface area contributed by atoms with Gasteiger partial charge in [-0.15, -0.1) is 0 Å². The maximum atomic E-state index is 8.39. The summed E-state index contributed by atoms with van der Waals surface area (Å²) in [7, 11) is 0. The van der Waals surface area contributed by atoms with Crippen molar-refractivity contribution in [3.05, 3.63) is 24.3 Å². The van der Waals surface area contributed by atoms with E-state index in [-0.39, 0.29) is 0 Å². The highest BCUT2D eigenvalue weighted by Gasteiger charge is 1.93. The second-order valence-electron chi connectivity index (χ2n) is 1.89. The van der Waals surface area contributed by atoms with Crippen molar-refractivity contribution in [2.75, 3.05) is 0 Å². The predicted octanol–water partition coefficient (Wildman–Crippen LogP) is 2.99. The molecule has 0 unspecified atom stereocenters. The highest BCUT2D eigenvalue weighted by atomic mass is 32.2. The van der Waals surface area contributed by atoms with Crippen LogP contribution in [0.3, 0.4) is 0 Å². The van der Waals surface area contributed by atoms with Gasteiger partial charge < -0.3 is 0 Å². The lowest BCUT2D eigenvalue weighted by molar-refractivity contribution is 1.42. The number of thiocyanates is 1. The monoisotopic (exact) mass is 192 g/mol. The first-order valence-electron chi connectivity index (χ1n) is 3.10. The van der Waals surface area contributed by atoms with Crippen LogP contribution >= 0.6 is 24.0 Å². The molecular formula is C8H4N2S2. The van der Waals surface area contributed by atoms with Gasteiger partial charge in [0.25, 0.3) is 0 Å². The molecule has 0 aromatic heterocycles. The van der Waals surface area contributed by atoms with Crippen LogP contribution in [0, 0.1) is 10.7 Å². The first-order valence-corrected chi connectivity index (χ1v) is 4.33. The maximum absolute atomic E-state index is 8.39. The van der Waals surface area contributed by atoms with Gasteiger partial charge in [0.05, 0.1) is 10.8 Å². The maximum Gasteiger partial charge on any atom is 0.138 e. The first kappa shape index (κ1) is 8.95. The quantitative estimate of drug-likeness (QED) is 0.313. The molecule has 0 atom stereocenters. The van der Waals surface area contributed by atoms with E-state index in [1.54, 1.807) is 12.1 Å². The van der Waals surface area contributed by atoms with Gasteiger partial charge in [-0.1, -0.05) is 6.07 Å². The zero-order chi connectivity index (χ0) is 8.81. The van der Waals surface area contributed by atoms with Gasteiger partial charge in [0.1, 0.15) is 5.40 Å². The highest BCUT2D eigenvalue weighted by molar-refractivity contribution is 8.03. The number of thiocarbonyl (C=S) groups is 1. The summed E-state index contributed by atoms with van der Waals surface area (Å²) in [5.41, 5.74) is 0.727. The molecule has 2 nitrogen and oxygen atoms in total. The molecule has 0 radical (unpaired) electrons. The predicted molar refractivity (Wildman–Crippen MR) is 52.6 cm³/mol. The fourth-order valence-electron chi connectivity index (χ4n) is 0.722. The fourth-order valence-corrected chi connectivity index (χ4v) is 1.26. The van der Waals surface area contributed by atoms with Gasteiger partial charge in [-0.25, -0.2) is 0 Å². The third-order valence-corrected chi connectivity index (χ3v) is 1.83. The lowest BCUT2D eigenvalue weighted by Gasteiger charge is -1.93. The van der Waals surface area contributed by atoms with Crippen LogP contribution in [0.2, 0.25) is 0 Å². The summed E-state index contributed by atoms with van der Waals surface area (Å²) in [6.07, 6.45) is 0. The molecule has 12 heavy (non-hydrogen) atoms. The second-order valence-corrected chi connectivity index (χ2v) is 2.93. The summed E-state index contributed by atoms with van der Waals surface area (Å²) < 4.78 is 0. The Hall–Kier alpha value is -1.14. The molecule has 0 aliphatic heterocycles. The molecule has 0 aliphatic rings. The molecule has 0 N–H and O–H groups in total. The average molecular weight is 192 g/mol. The van der Waals surface area contributed by atoms with Gasteiger partial charge in [-0.3, -0.25) is 0 Å². The van der Waals surface area contributed by atoms with Crippen molar-refractivity contribution in [3.63, 3.8) is 0 Å². The molecule has 1 aromatic rings. The third kappa shape index (κ3) is 2.48. The average Bonchev–Trinajstić information content (AvgIpc) is 2.06. The number of rotatable bonds is 2. The largest absolute Gasteiger partial charge is 0.195 e. The zero-order valence-corrected chi connectivity index (χ0v) is 7.65. The Morgan fingerprint density at radius 1 is 1.50 bits per heavy atom. The van der Waals surface area contributed by atoms with Crippen LogP contribution in [0.1, 0.15) is 0 Å². The lowest BCUT2D eigenvalue weighted by atomic mass is 10.3. The summed E-state index contributed by atoms with van der Waals surface area (Å²) >= 11 is 5.55. The lowest BCUT2D eigenvalue weighted by Crippen LogP contribution is -1.67. The Kier molecular flexibility index (Phi) is 3.49. The van der Waals surface area contributed by atoms with Gasteiger partial charge >= 0.3 is 0 Å². The number of hydrogen-bond acceptors (Lipinski definition) is 4. The van der Waals surface area contributed by atoms with Crippen LogP contribution in [-0.4, -0.2) is 5.16 Å². The minimum absolute atomic E-state index is 0.727. The summed E-state index contributed by atoms with van der Waals surface area (Å²) in [6.45, 7) is 0. The van der Waals surface area contributed by atoms with E-state index in [9.17, 15) is 0 Å². The molecule has 0 aliphatic carbocycles. The molecule has 58 valence electrons. The molecule has 0 amide bonds. The number of hydrogen-bond donors (Lipinski definition) is 0. The Morgan fingerprint density at radius 2 is 2.33 bits per heavy atom. The number of benzene rings is 1. The van der Waals surface area contributed by atoms with Crippen molar-refractivity contribution >= 4 is 34.8 Å². The Morgan fingerprint density at radius 3 is 3.00 bits per heavy atom. The summed E-state index contributed by atoms with van der Waals surface area (Å²) in [6, 6.07) is 7.26. The molecule has 1 aromatic carbocycles. The topological polar surface area (TPSA) is 36.1 Å². The highest BCUT2D eigenvalue weighted by Crippen LogP contribution is 2.21. The SMILES string of the molecule is N#CSc1cccc(N=C=S)c1. The van der Waals surface area contributed by atoms with Crippen molar-refractivity contribution in [1.29, 1.82) is 5.26 Å². The third-order valence-electron chi connectivity index (χ3n) is 1.16. The van der Waals surface area contributed by atoms with Gasteiger partial charge in [0, 0.05) is 4.90 Å². The Balaban J connectivity index is 2.97. The smallest absolute Gasteiger partial charge is 0.138 e. The molecule has 0 saturated heterocycles. The molecular weight excluding hydrogens is 188 g/mol. The van der Waals surface area contributed by atoms with Crippen LogP contribution in [0.25, 0.3) is 0 Å². The van der Waals surface area contributed by atoms with E-state index in [2.05, 4.69) is 22.4 Å². The summed E-state index contributed by atoms with van der Waals surface area (Å²) in [5.74, 6) is 0. The first-order chi connectivity index (χ1) is 5.86. The van der Waals surface area contributed by atoms with E-state index < -0.39 is 0 Å². The van der Waals surface area contributed by atoms with Gasteiger partial charge in [0.15, 0.2) is 0 Å². The Labute approximate surface area is 79.9 Å². The number of nitriles is 1. The van der Waals surface area contributed by atoms with Crippen molar-refractivity contribution < 1.29 is 0 Å². The standard InChI is InChI=1S/C8H4N2S2/c9-5-12-8-3-1-2-7(4-8)10-6-11/h1-4H. The minimum Gasteiger partial charge on any atom is -0.195 e. The molecule has 0 heterocycles. The van der Waals surface area contributed by atoms with Crippen LogP contribution < -0.4 is 0 Å². The summed E-state index contributed by atoms with van der Waals surface area (Å²) in [5, 5.41) is 12.6. The Bertz CT molecular complexity index is 362. The van der Waals surface area contributed by atoms with Crippen LogP contribution in [-0.2, 0) is 0 Å². The fraction of sp³-hybridized carbons (Fsp3) is 0. The van der Waals surface area contributed by atoms with E-state index in [0.717, 1.165) is 22.3 Å². The molecule has 4 heteroatoms. The van der Waals surface area contributed by atoms with Crippen LogP contribution in [0.4, 0.5) is 5.69 Å². The van der Waals surface area contributed by atoms with E-state index >= 15 is 0 Å². The van der Waals surface area contributed by atoms with Gasteiger partial charge in [-0.05, 0) is 42.2 Å². The van der Waals surface area contributed by atoms with E-state index in [1.165, 1.54) is 0 Å². The van der Waals surface area contributed by atoms with E-state index in [0.29, 0.717) is 0 Å². The van der Waals surface area contributed by atoms with E-state index in [4.69, 9.17) is 5.26 Å². The minimum atomic E-state index is 0.727. The normalized spacial score (nSPS) is 8.25. The molecule has 0 saturated carbocycles. The number of thioether (sulfide) groups is 1. The zero-order valence-electron chi connectivity index (χ0n) is 6.02. The van der Waals surface area contributed by atoms with Crippen LogP contribution in [0.15, 0.2) is 34.2 Å². The van der Waals surface area contributed by atoms with Crippen molar-refractivity contribution in [2.24, 2.45) is 4.99 Å². The van der Waals surface area contributed by atoms with Gasteiger partial charge in [0.2, 0.25) is 0 Å². The van der Waals surface area contributed by atoms with Crippen molar-refractivity contribution in [3.8, 4) is 5.40 Å². The van der Waals surface area contributed by atoms with E-state index in [1.807, 2.05) is 17.5 Å². The summed E-state index contributed by atoms with van der Waals surface area (Å²) in [4.78, 5) is 4.66. The van der Waals surface area contributed by atoms with Gasteiger partial charge in [-0.2, -0.15) is 10.3 Å². The van der Waals surface area contributed by atoms with Crippen molar-refractivity contribution in [1.82, 2.24) is 0 Å². The number of nitrogens with zero attached hydrogens (tertiary/aromatic N) is 2. The van der Waals surface area contributed by atoms with Crippen LogP contribution in [0.5, 0.6) is 0 Å². The second kappa shape index (κ2) is 4.68. The number of isothiocyanates is 1. The number of aliphatic imine (C=N–C) groups is 1. The molecule has 1 rings (SSSR count). The van der Waals surface area contributed by atoms with Crippen molar-refractivity contribution in [2.45, 2.75) is 4.90 Å².